The van der Waals surface area contributed by atoms with E-state index in [0.29, 0.717) is 21.4 Å². The summed E-state index contributed by atoms with van der Waals surface area (Å²) in [4.78, 5) is 15.3. The zero-order valence-corrected chi connectivity index (χ0v) is 12.4. The van der Waals surface area contributed by atoms with Crippen molar-refractivity contribution in [2.24, 2.45) is 0 Å². The van der Waals surface area contributed by atoms with Crippen LogP contribution < -0.4 is 11.1 Å². The van der Waals surface area contributed by atoms with Gasteiger partial charge in [-0.3, -0.25) is 4.79 Å². The molecule has 0 saturated heterocycles. The van der Waals surface area contributed by atoms with E-state index in [0.717, 1.165) is 10.9 Å². The van der Waals surface area contributed by atoms with Gasteiger partial charge in [0.1, 0.15) is 5.82 Å². The summed E-state index contributed by atoms with van der Waals surface area (Å²) in [6.45, 7) is 0. The molecule has 0 aliphatic heterocycles. The van der Waals surface area contributed by atoms with Crippen LogP contribution in [0.2, 0.25) is 0 Å². The summed E-state index contributed by atoms with van der Waals surface area (Å²) in [6.07, 6.45) is 1.62. The summed E-state index contributed by atoms with van der Waals surface area (Å²) in [5.41, 5.74) is 8.12. The molecular weight excluding hydrogens is 337 g/mol. The van der Waals surface area contributed by atoms with E-state index in [1.54, 1.807) is 24.4 Å². The first-order valence-electron chi connectivity index (χ1n) is 6.17. The van der Waals surface area contributed by atoms with E-state index in [-0.39, 0.29) is 11.7 Å². The fraction of sp³-hybridized carbons (Fsp3) is 0. The molecule has 0 aliphatic carbocycles. The number of nitrogens with one attached hydrogen (secondary N) is 2. The second-order valence-corrected chi connectivity index (χ2v) is 5.44. The molecule has 3 rings (SSSR count). The fourth-order valence-electron chi connectivity index (χ4n) is 2.11. The van der Waals surface area contributed by atoms with Gasteiger partial charge in [0, 0.05) is 27.3 Å². The Bertz CT molecular complexity index is 844. The summed E-state index contributed by atoms with van der Waals surface area (Å²) in [5.74, 6) is -0.652. The average Bonchev–Trinajstić information content (AvgIpc) is 2.84. The van der Waals surface area contributed by atoms with Crippen LogP contribution in [0.3, 0.4) is 0 Å². The van der Waals surface area contributed by atoms with Gasteiger partial charge in [-0.15, -0.1) is 0 Å². The second kappa shape index (κ2) is 5.21. The van der Waals surface area contributed by atoms with Gasteiger partial charge in [-0.05, 0) is 52.3 Å². The number of halogens is 2. The van der Waals surface area contributed by atoms with Gasteiger partial charge in [0.05, 0.1) is 11.3 Å². The standard InChI is InChI=1S/C15H11BrFN3O/c16-12-5-8(17)1-4-13(12)20-15(21)11-7-19-14-6-9(18)2-3-10(11)14/h1-7,19H,18H2,(H,20,21). The quantitative estimate of drug-likeness (QED) is 0.615. The Balaban J connectivity index is 1.94. The first-order valence-corrected chi connectivity index (χ1v) is 6.97. The first kappa shape index (κ1) is 13.6. The minimum Gasteiger partial charge on any atom is -0.399 e. The number of nitrogen functional groups attached to an aromatic ring is 1. The van der Waals surface area contributed by atoms with E-state index < -0.39 is 0 Å². The minimum atomic E-state index is -0.373. The topological polar surface area (TPSA) is 70.9 Å². The Hall–Kier alpha value is -2.34. The van der Waals surface area contributed by atoms with Crippen molar-refractivity contribution in [3.05, 3.63) is 58.4 Å². The van der Waals surface area contributed by atoms with Gasteiger partial charge in [0.25, 0.3) is 5.91 Å². The fourth-order valence-corrected chi connectivity index (χ4v) is 2.56. The van der Waals surface area contributed by atoms with Crippen molar-refractivity contribution in [1.82, 2.24) is 4.98 Å². The molecule has 0 fully saturated rings. The number of anilines is 2. The molecule has 0 unspecified atom stereocenters. The monoisotopic (exact) mass is 347 g/mol. The normalized spacial score (nSPS) is 10.8. The van der Waals surface area contributed by atoms with Crippen LogP contribution in [0.15, 0.2) is 47.1 Å². The lowest BCUT2D eigenvalue weighted by Crippen LogP contribution is -2.11. The molecule has 0 saturated carbocycles. The van der Waals surface area contributed by atoms with Crippen LogP contribution in [0.4, 0.5) is 15.8 Å². The van der Waals surface area contributed by atoms with Crippen molar-refractivity contribution >= 4 is 44.1 Å². The van der Waals surface area contributed by atoms with Crippen LogP contribution >= 0.6 is 15.9 Å². The van der Waals surface area contributed by atoms with Crippen molar-refractivity contribution in [1.29, 1.82) is 0 Å². The Labute approximate surface area is 128 Å². The molecule has 3 aromatic rings. The van der Waals surface area contributed by atoms with Crippen LogP contribution in [-0.2, 0) is 0 Å². The molecule has 1 amide bonds. The summed E-state index contributed by atoms with van der Waals surface area (Å²) in [7, 11) is 0. The number of fused-ring (bicyclic) bond motifs is 1. The number of rotatable bonds is 2. The van der Waals surface area contributed by atoms with Crippen LogP contribution in [0.25, 0.3) is 10.9 Å². The zero-order chi connectivity index (χ0) is 15.0. The van der Waals surface area contributed by atoms with Crippen LogP contribution in [0.1, 0.15) is 10.4 Å². The van der Waals surface area contributed by atoms with Gasteiger partial charge in [-0.1, -0.05) is 0 Å². The van der Waals surface area contributed by atoms with Crippen LogP contribution in [0, 0.1) is 5.82 Å². The van der Waals surface area contributed by atoms with E-state index in [1.807, 2.05) is 0 Å². The van der Waals surface area contributed by atoms with Crippen molar-refractivity contribution in [2.75, 3.05) is 11.1 Å². The molecule has 1 heterocycles. The van der Waals surface area contributed by atoms with Crippen molar-refractivity contribution in [2.45, 2.75) is 0 Å². The number of aromatic nitrogens is 1. The van der Waals surface area contributed by atoms with Crippen molar-refractivity contribution < 1.29 is 9.18 Å². The highest BCUT2D eigenvalue weighted by molar-refractivity contribution is 9.10. The molecule has 106 valence electrons. The Morgan fingerprint density at radius 1 is 1.24 bits per heavy atom. The maximum atomic E-state index is 13.0. The molecule has 0 atom stereocenters. The smallest absolute Gasteiger partial charge is 0.257 e. The van der Waals surface area contributed by atoms with E-state index >= 15 is 0 Å². The molecule has 4 N–H and O–H groups in total. The van der Waals surface area contributed by atoms with E-state index in [9.17, 15) is 9.18 Å². The Kier molecular flexibility index (Phi) is 3.39. The van der Waals surface area contributed by atoms with E-state index in [4.69, 9.17) is 5.73 Å². The van der Waals surface area contributed by atoms with Crippen molar-refractivity contribution in [3.63, 3.8) is 0 Å². The molecule has 6 heteroatoms. The Morgan fingerprint density at radius 2 is 2.05 bits per heavy atom. The Morgan fingerprint density at radius 3 is 2.81 bits per heavy atom. The second-order valence-electron chi connectivity index (χ2n) is 4.59. The van der Waals surface area contributed by atoms with Gasteiger partial charge < -0.3 is 16.0 Å². The van der Waals surface area contributed by atoms with E-state index in [2.05, 4.69) is 26.2 Å². The van der Waals surface area contributed by atoms with Gasteiger partial charge in [-0.2, -0.15) is 0 Å². The van der Waals surface area contributed by atoms with Gasteiger partial charge in [0.2, 0.25) is 0 Å². The number of aromatic amines is 1. The number of H-pyrrole nitrogens is 1. The van der Waals surface area contributed by atoms with Gasteiger partial charge in [0.15, 0.2) is 0 Å². The molecule has 2 aromatic carbocycles. The number of benzene rings is 2. The number of nitrogens with two attached hydrogens (primary N) is 1. The summed E-state index contributed by atoms with van der Waals surface area (Å²) >= 11 is 3.22. The van der Waals surface area contributed by atoms with Gasteiger partial charge in [-0.25, -0.2) is 4.39 Å². The molecule has 0 spiro atoms. The molecule has 21 heavy (non-hydrogen) atoms. The largest absolute Gasteiger partial charge is 0.399 e. The van der Waals surface area contributed by atoms with Crippen LogP contribution in [-0.4, -0.2) is 10.9 Å². The summed E-state index contributed by atoms with van der Waals surface area (Å²) in [5, 5.41) is 3.52. The maximum absolute atomic E-state index is 13.0. The number of amides is 1. The molecular formula is C15H11BrFN3O. The third-order valence-corrected chi connectivity index (χ3v) is 3.79. The lowest BCUT2D eigenvalue weighted by atomic mass is 10.1. The first-order chi connectivity index (χ1) is 10.0. The average molecular weight is 348 g/mol. The van der Waals surface area contributed by atoms with E-state index in [1.165, 1.54) is 18.2 Å². The molecule has 1 aromatic heterocycles. The lowest BCUT2D eigenvalue weighted by Gasteiger charge is -2.07. The predicted molar refractivity (Wildman–Crippen MR) is 84.8 cm³/mol. The zero-order valence-electron chi connectivity index (χ0n) is 10.8. The van der Waals surface area contributed by atoms with Crippen molar-refractivity contribution in [3.8, 4) is 0 Å². The molecule has 0 radical (unpaired) electrons. The molecule has 0 bridgehead atoms. The SMILES string of the molecule is Nc1ccc2c(C(=O)Nc3ccc(F)cc3Br)c[nH]c2c1. The lowest BCUT2D eigenvalue weighted by molar-refractivity contribution is 0.102. The number of hydrogen-bond acceptors (Lipinski definition) is 2. The molecule has 0 aliphatic rings. The van der Waals surface area contributed by atoms with Crippen LogP contribution in [0.5, 0.6) is 0 Å². The highest BCUT2D eigenvalue weighted by Gasteiger charge is 2.13. The molecule has 4 nitrogen and oxygen atoms in total. The highest BCUT2D eigenvalue weighted by atomic mass is 79.9. The third kappa shape index (κ3) is 2.62. The van der Waals surface area contributed by atoms with Gasteiger partial charge >= 0.3 is 0 Å². The number of carbonyl (C=O) groups is 1. The third-order valence-electron chi connectivity index (χ3n) is 3.13. The number of carbonyl (C=O) groups excluding carboxylic acids is 1. The summed E-state index contributed by atoms with van der Waals surface area (Å²) in [6, 6.07) is 9.38. The maximum Gasteiger partial charge on any atom is 0.257 e. The predicted octanol–water partition coefficient (Wildman–Crippen LogP) is 3.90. The summed E-state index contributed by atoms with van der Waals surface area (Å²) < 4.78 is 13.5. The number of hydrogen-bond donors (Lipinski definition) is 3. The minimum absolute atomic E-state index is 0.279. The highest BCUT2D eigenvalue weighted by Crippen LogP contribution is 2.25.